The molecule has 0 aromatic carbocycles. The molecule has 0 aliphatic carbocycles. The van der Waals surface area contributed by atoms with E-state index in [1.165, 1.54) is 0 Å². The first-order chi connectivity index (χ1) is 7.07. The molecule has 1 atom stereocenters. The lowest BCUT2D eigenvalue weighted by atomic mass is 9.99. The van der Waals surface area contributed by atoms with Crippen LogP contribution in [0.15, 0.2) is 0 Å². The average molecular weight is 230 g/mol. The summed E-state index contributed by atoms with van der Waals surface area (Å²) in [6.45, 7) is 11.8. The predicted octanol–water partition coefficient (Wildman–Crippen LogP) is 1.04. The molecule has 4 heteroatoms. The molecular weight excluding hydrogens is 204 g/mol. The van der Waals surface area contributed by atoms with Crippen LogP contribution in [0, 0.1) is 0 Å². The van der Waals surface area contributed by atoms with E-state index in [1.807, 2.05) is 41.5 Å². The van der Waals surface area contributed by atoms with Crippen molar-refractivity contribution in [2.24, 2.45) is 0 Å². The number of hydrogen-bond acceptors (Lipinski definition) is 3. The highest BCUT2D eigenvalue weighted by Gasteiger charge is 2.25. The molecule has 96 valence electrons. The van der Waals surface area contributed by atoms with Gasteiger partial charge in [0.15, 0.2) is 0 Å². The fraction of sp³-hybridized carbons (Fsp3) is 0.917. The van der Waals surface area contributed by atoms with Crippen LogP contribution in [0.1, 0.15) is 48.0 Å². The zero-order valence-corrected chi connectivity index (χ0v) is 11.3. The molecule has 1 unspecified atom stereocenters. The summed E-state index contributed by atoms with van der Waals surface area (Å²) in [4.78, 5) is 11.8. The molecule has 0 spiro atoms. The van der Waals surface area contributed by atoms with Gasteiger partial charge in [-0.15, -0.1) is 0 Å². The third-order valence-corrected chi connectivity index (χ3v) is 2.24. The van der Waals surface area contributed by atoms with Gasteiger partial charge in [0.2, 0.25) is 5.91 Å². The first-order valence-corrected chi connectivity index (χ1v) is 5.78. The van der Waals surface area contributed by atoms with Crippen LogP contribution in [-0.4, -0.2) is 34.7 Å². The van der Waals surface area contributed by atoms with Gasteiger partial charge >= 0.3 is 0 Å². The second kappa shape index (κ2) is 5.64. The van der Waals surface area contributed by atoms with E-state index in [9.17, 15) is 4.79 Å². The summed E-state index contributed by atoms with van der Waals surface area (Å²) in [5.41, 5.74) is -0.447. The Bertz CT molecular complexity index is 232. The number of rotatable bonds is 5. The summed E-state index contributed by atoms with van der Waals surface area (Å²) in [6, 6.07) is -0.263. The van der Waals surface area contributed by atoms with Crippen molar-refractivity contribution in [2.75, 3.05) is 6.61 Å². The largest absolute Gasteiger partial charge is 0.396 e. The fourth-order valence-electron chi connectivity index (χ4n) is 1.48. The van der Waals surface area contributed by atoms with Gasteiger partial charge in [-0.05, 0) is 48.0 Å². The minimum Gasteiger partial charge on any atom is -0.396 e. The van der Waals surface area contributed by atoms with Crippen LogP contribution < -0.4 is 10.6 Å². The number of carbonyl (C=O) groups is 1. The Hall–Kier alpha value is -0.610. The average Bonchev–Trinajstić information content (AvgIpc) is 1.99. The Kier molecular flexibility index (Phi) is 5.42. The number of hydrogen-bond donors (Lipinski definition) is 3. The van der Waals surface area contributed by atoms with E-state index < -0.39 is 0 Å². The Morgan fingerprint density at radius 2 is 1.75 bits per heavy atom. The van der Waals surface area contributed by atoms with Gasteiger partial charge < -0.3 is 15.7 Å². The second-order valence-electron chi connectivity index (χ2n) is 5.96. The maximum absolute atomic E-state index is 11.8. The summed E-state index contributed by atoms with van der Waals surface area (Å²) in [5, 5.41) is 15.0. The van der Waals surface area contributed by atoms with Gasteiger partial charge in [-0.2, -0.15) is 0 Å². The van der Waals surface area contributed by atoms with Crippen LogP contribution in [0.2, 0.25) is 0 Å². The summed E-state index contributed by atoms with van der Waals surface area (Å²) in [7, 11) is 0. The van der Waals surface area contributed by atoms with E-state index in [1.54, 1.807) is 0 Å². The number of carbonyl (C=O) groups excluding carboxylic acids is 1. The van der Waals surface area contributed by atoms with Gasteiger partial charge in [0.25, 0.3) is 0 Å². The second-order valence-corrected chi connectivity index (χ2v) is 5.96. The van der Waals surface area contributed by atoms with E-state index in [0.717, 1.165) is 0 Å². The van der Waals surface area contributed by atoms with E-state index in [2.05, 4.69) is 10.6 Å². The summed E-state index contributed by atoms with van der Waals surface area (Å²) in [5.74, 6) is -0.0153. The van der Waals surface area contributed by atoms with Crippen molar-refractivity contribution in [1.29, 1.82) is 0 Å². The van der Waals surface area contributed by atoms with E-state index >= 15 is 0 Å². The SMILES string of the molecule is CC(NC(C)(C)CCO)C(=O)NC(C)(C)C. The Morgan fingerprint density at radius 3 is 2.12 bits per heavy atom. The highest BCUT2D eigenvalue weighted by molar-refractivity contribution is 5.82. The number of aliphatic hydroxyl groups is 1. The van der Waals surface area contributed by atoms with Gasteiger partial charge in [0.05, 0.1) is 6.04 Å². The van der Waals surface area contributed by atoms with E-state index in [4.69, 9.17) is 5.11 Å². The highest BCUT2D eigenvalue weighted by atomic mass is 16.3. The minimum atomic E-state index is -0.263. The van der Waals surface area contributed by atoms with Gasteiger partial charge in [0, 0.05) is 17.7 Å². The molecule has 1 amide bonds. The van der Waals surface area contributed by atoms with Crippen molar-refractivity contribution in [2.45, 2.75) is 65.1 Å². The maximum Gasteiger partial charge on any atom is 0.237 e. The van der Waals surface area contributed by atoms with Crippen molar-refractivity contribution in [3.8, 4) is 0 Å². The summed E-state index contributed by atoms with van der Waals surface area (Å²) < 4.78 is 0. The molecule has 0 bridgehead atoms. The molecule has 0 saturated carbocycles. The molecule has 0 aliphatic heterocycles. The van der Waals surface area contributed by atoms with Crippen LogP contribution in [0.25, 0.3) is 0 Å². The maximum atomic E-state index is 11.8. The van der Waals surface area contributed by atoms with Crippen molar-refractivity contribution in [1.82, 2.24) is 10.6 Å². The monoisotopic (exact) mass is 230 g/mol. The standard InChI is InChI=1S/C12H26N2O2/c1-9(10(16)14-11(2,3)4)13-12(5,6)7-8-15/h9,13,15H,7-8H2,1-6H3,(H,14,16). The zero-order valence-electron chi connectivity index (χ0n) is 11.3. The Balaban J connectivity index is 4.25. The van der Waals surface area contributed by atoms with Crippen LogP contribution in [0.5, 0.6) is 0 Å². The first-order valence-electron chi connectivity index (χ1n) is 5.78. The normalized spacial score (nSPS) is 14.7. The number of nitrogens with one attached hydrogen (secondary N) is 2. The topological polar surface area (TPSA) is 61.4 Å². The quantitative estimate of drug-likeness (QED) is 0.661. The molecule has 0 aliphatic rings. The lowest BCUT2D eigenvalue weighted by molar-refractivity contribution is -0.124. The third-order valence-electron chi connectivity index (χ3n) is 2.24. The highest BCUT2D eigenvalue weighted by Crippen LogP contribution is 2.09. The van der Waals surface area contributed by atoms with Gasteiger partial charge in [0.1, 0.15) is 0 Å². The number of aliphatic hydroxyl groups excluding tert-OH is 1. The van der Waals surface area contributed by atoms with Crippen molar-refractivity contribution >= 4 is 5.91 Å². The molecule has 0 aromatic heterocycles. The third kappa shape index (κ3) is 6.80. The van der Waals surface area contributed by atoms with Gasteiger partial charge in [-0.3, -0.25) is 4.79 Å². The molecular formula is C12H26N2O2. The molecule has 0 radical (unpaired) electrons. The van der Waals surface area contributed by atoms with E-state index in [0.29, 0.717) is 6.42 Å². The molecule has 0 fully saturated rings. The van der Waals surface area contributed by atoms with Crippen LogP contribution >= 0.6 is 0 Å². The lowest BCUT2D eigenvalue weighted by Gasteiger charge is -2.31. The minimum absolute atomic E-state index is 0.0153. The first kappa shape index (κ1) is 15.4. The molecule has 0 heterocycles. The van der Waals surface area contributed by atoms with E-state index in [-0.39, 0.29) is 29.6 Å². The van der Waals surface area contributed by atoms with Crippen molar-refractivity contribution in [3.05, 3.63) is 0 Å². The molecule has 0 saturated heterocycles. The Labute approximate surface area is 98.8 Å². The molecule has 16 heavy (non-hydrogen) atoms. The molecule has 0 rings (SSSR count). The fourth-order valence-corrected chi connectivity index (χ4v) is 1.48. The predicted molar refractivity (Wildman–Crippen MR) is 66.3 cm³/mol. The van der Waals surface area contributed by atoms with Crippen LogP contribution in [-0.2, 0) is 4.79 Å². The van der Waals surface area contributed by atoms with Crippen molar-refractivity contribution < 1.29 is 9.90 Å². The smallest absolute Gasteiger partial charge is 0.237 e. The lowest BCUT2D eigenvalue weighted by Crippen LogP contribution is -2.55. The van der Waals surface area contributed by atoms with Crippen LogP contribution in [0.3, 0.4) is 0 Å². The van der Waals surface area contributed by atoms with Gasteiger partial charge in [-0.25, -0.2) is 0 Å². The number of amides is 1. The zero-order chi connectivity index (χ0) is 13.0. The van der Waals surface area contributed by atoms with Crippen LogP contribution in [0.4, 0.5) is 0 Å². The van der Waals surface area contributed by atoms with Gasteiger partial charge in [-0.1, -0.05) is 0 Å². The van der Waals surface area contributed by atoms with Crippen molar-refractivity contribution in [3.63, 3.8) is 0 Å². The molecule has 3 N–H and O–H groups in total. The Morgan fingerprint density at radius 1 is 1.25 bits per heavy atom. The molecule has 4 nitrogen and oxygen atoms in total. The summed E-state index contributed by atoms with van der Waals surface area (Å²) >= 11 is 0. The summed E-state index contributed by atoms with van der Waals surface area (Å²) in [6.07, 6.45) is 0.625. The molecule has 0 aromatic rings.